The molecule has 0 spiro atoms. The van der Waals surface area contributed by atoms with Crippen molar-refractivity contribution in [3.63, 3.8) is 0 Å². The summed E-state index contributed by atoms with van der Waals surface area (Å²) in [6.45, 7) is 6.62. The number of hydrogen-bond acceptors (Lipinski definition) is 6. The number of hydrogen-bond donors (Lipinski definition) is 0. The molecular formula is C23H20FN7OS. The van der Waals surface area contributed by atoms with Gasteiger partial charge in [-0.25, -0.2) is 4.39 Å². The molecule has 8 nitrogen and oxygen atoms in total. The van der Waals surface area contributed by atoms with Crippen LogP contribution in [0.5, 0.6) is 0 Å². The van der Waals surface area contributed by atoms with Crippen molar-refractivity contribution in [3.05, 3.63) is 83.2 Å². The fourth-order valence-electron chi connectivity index (χ4n) is 3.85. The third-order valence-electron chi connectivity index (χ3n) is 5.36. The van der Waals surface area contributed by atoms with Crippen molar-refractivity contribution < 1.29 is 4.39 Å². The van der Waals surface area contributed by atoms with Crippen LogP contribution in [0.2, 0.25) is 0 Å². The maximum Gasteiger partial charge on any atom is 0.262 e. The number of nitrogens with zero attached hydrogens (tertiary/aromatic N) is 7. The van der Waals surface area contributed by atoms with Gasteiger partial charge in [-0.15, -0.1) is 27.0 Å². The van der Waals surface area contributed by atoms with Crippen molar-refractivity contribution in [2.45, 2.75) is 30.9 Å². The summed E-state index contributed by atoms with van der Waals surface area (Å²) in [6.07, 6.45) is 1.72. The fraction of sp³-hybridized carbons (Fsp3) is 0.174. The Hall–Kier alpha value is -3.79. The van der Waals surface area contributed by atoms with Crippen LogP contribution in [0.25, 0.3) is 28.1 Å². The number of para-hydroxylation sites is 1. The van der Waals surface area contributed by atoms with E-state index in [9.17, 15) is 9.18 Å². The van der Waals surface area contributed by atoms with Gasteiger partial charge in [0, 0.05) is 13.1 Å². The van der Waals surface area contributed by atoms with Crippen LogP contribution in [0, 0.1) is 5.82 Å². The summed E-state index contributed by atoms with van der Waals surface area (Å²) < 4.78 is 19.7. The molecule has 3 heterocycles. The molecule has 0 saturated heterocycles. The molecule has 0 bridgehead atoms. The second kappa shape index (κ2) is 8.62. The second-order valence-electron chi connectivity index (χ2n) is 7.29. The number of thioether (sulfide) groups is 1. The van der Waals surface area contributed by atoms with Gasteiger partial charge in [0.25, 0.3) is 5.56 Å². The first-order chi connectivity index (χ1) is 16.1. The van der Waals surface area contributed by atoms with Crippen molar-refractivity contribution in [1.29, 1.82) is 0 Å². The molecule has 0 aliphatic heterocycles. The highest BCUT2D eigenvalue weighted by atomic mass is 32.2. The topological polar surface area (TPSA) is 82.9 Å². The molecule has 166 valence electrons. The maximum atomic E-state index is 14.4. The van der Waals surface area contributed by atoms with Crippen molar-refractivity contribution >= 4 is 28.4 Å². The van der Waals surface area contributed by atoms with Crippen LogP contribution in [-0.2, 0) is 18.8 Å². The molecule has 0 aliphatic rings. The average molecular weight is 462 g/mol. The van der Waals surface area contributed by atoms with Crippen LogP contribution in [0.1, 0.15) is 12.7 Å². The van der Waals surface area contributed by atoms with Crippen molar-refractivity contribution in [2.75, 3.05) is 0 Å². The summed E-state index contributed by atoms with van der Waals surface area (Å²) >= 11 is 1.42. The number of rotatable bonds is 7. The van der Waals surface area contributed by atoms with Gasteiger partial charge in [-0.05, 0) is 31.2 Å². The highest BCUT2D eigenvalue weighted by Gasteiger charge is 2.19. The molecule has 5 aromatic rings. The molecular weight excluding hydrogens is 441 g/mol. The van der Waals surface area contributed by atoms with Crippen molar-refractivity contribution in [3.8, 4) is 11.4 Å². The predicted octanol–water partition coefficient (Wildman–Crippen LogP) is 3.94. The number of allylic oxidation sites excluding steroid dienone is 1. The molecule has 0 radical (unpaired) electrons. The minimum absolute atomic E-state index is 0.0903. The Morgan fingerprint density at radius 2 is 1.82 bits per heavy atom. The number of fused-ring (bicyclic) bond motifs is 3. The van der Waals surface area contributed by atoms with Crippen LogP contribution in [-0.4, -0.2) is 33.9 Å². The SMILES string of the molecule is C=CCn1c(SCc2nnc3n(CC)c(=O)c4ccccc4n23)nnc1-c1ccccc1F. The second-order valence-corrected chi connectivity index (χ2v) is 8.23. The minimum atomic E-state index is -0.362. The van der Waals surface area contributed by atoms with E-state index in [1.807, 2.05) is 40.2 Å². The van der Waals surface area contributed by atoms with Gasteiger partial charge in [0.2, 0.25) is 5.78 Å². The van der Waals surface area contributed by atoms with E-state index >= 15 is 0 Å². The highest BCUT2D eigenvalue weighted by Crippen LogP contribution is 2.28. The monoisotopic (exact) mass is 461 g/mol. The standard InChI is InChI=1S/C23H20FN7OS/c1-3-13-30-20(15-9-5-7-11-17(15)24)26-28-23(30)33-14-19-25-27-22-29(4-2)21(32)16-10-6-8-12-18(16)31(19)22/h3,5-12H,1,4,13-14H2,2H3. The summed E-state index contributed by atoms with van der Waals surface area (Å²) in [7, 11) is 0. The molecule has 0 N–H and O–H groups in total. The van der Waals surface area contributed by atoms with Gasteiger partial charge in [-0.1, -0.05) is 42.1 Å². The van der Waals surface area contributed by atoms with Crippen LogP contribution in [0.15, 0.2) is 71.1 Å². The van der Waals surface area contributed by atoms with E-state index in [1.165, 1.54) is 17.8 Å². The van der Waals surface area contributed by atoms with Gasteiger partial charge < -0.3 is 0 Å². The van der Waals surface area contributed by atoms with Gasteiger partial charge >= 0.3 is 0 Å². The molecule has 5 rings (SSSR count). The predicted molar refractivity (Wildman–Crippen MR) is 126 cm³/mol. The van der Waals surface area contributed by atoms with E-state index in [0.29, 0.717) is 52.4 Å². The Labute approximate surface area is 192 Å². The molecule has 0 amide bonds. The number of aromatic nitrogens is 7. The quantitative estimate of drug-likeness (QED) is 0.270. The van der Waals surface area contributed by atoms with Crippen molar-refractivity contribution in [1.82, 2.24) is 33.9 Å². The van der Waals surface area contributed by atoms with Gasteiger partial charge in [0.05, 0.1) is 22.2 Å². The Kier molecular flexibility index (Phi) is 5.51. The molecule has 0 aliphatic carbocycles. The van der Waals surface area contributed by atoms with Crippen LogP contribution in [0.3, 0.4) is 0 Å². The zero-order chi connectivity index (χ0) is 22.9. The van der Waals surface area contributed by atoms with E-state index < -0.39 is 0 Å². The lowest BCUT2D eigenvalue weighted by molar-refractivity contribution is 0.626. The number of halogens is 1. The molecule has 0 unspecified atom stereocenters. The first-order valence-electron chi connectivity index (χ1n) is 10.4. The summed E-state index contributed by atoms with van der Waals surface area (Å²) in [6, 6.07) is 13.9. The van der Waals surface area contributed by atoms with Gasteiger partial charge in [0.1, 0.15) is 11.6 Å². The summed E-state index contributed by atoms with van der Waals surface area (Å²) in [5, 5.41) is 18.4. The average Bonchev–Trinajstić information content (AvgIpc) is 3.43. The van der Waals surface area contributed by atoms with Crippen LogP contribution >= 0.6 is 11.8 Å². The molecule has 0 fully saturated rings. The van der Waals surface area contributed by atoms with Crippen molar-refractivity contribution in [2.24, 2.45) is 0 Å². The van der Waals surface area contributed by atoms with Gasteiger partial charge in [0.15, 0.2) is 11.0 Å². The summed E-state index contributed by atoms with van der Waals surface area (Å²) in [5.41, 5.74) is 1.04. The summed E-state index contributed by atoms with van der Waals surface area (Å²) in [5.74, 6) is 1.68. The van der Waals surface area contributed by atoms with Gasteiger partial charge in [-0.2, -0.15) is 0 Å². The lowest BCUT2D eigenvalue weighted by Gasteiger charge is -2.10. The molecule has 0 saturated carbocycles. The third-order valence-corrected chi connectivity index (χ3v) is 6.33. The Bertz CT molecular complexity index is 1550. The van der Waals surface area contributed by atoms with E-state index in [-0.39, 0.29) is 11.4 Å². The molecule has 0 atom stereocenters. The molecule has 10 heteroatoms. The van der Waals surface area contributed by atoms with Crippen LogP contribution in [0.4, 0.5) is 4.39 Å². The van der Waals surface area contributed by atoms with Crippen LogP contribution < -0.4 is 5.56 Å². The zero-order valence-corrected chi connectivity index (χ0v) is 18.7. The van der Waals surface area contributed by atoms with Gasteiger partial charge in [-0.3, -0.25) is 18.3 Å². The van der Waals surface area contributed by atoms with E-state index in [2.05, 4.69) is 27.0 Å². The zero-order valence-electron chi connectivity index (χ0n) is 17.8. The largest absolute Gasteiger partial charge is 0.298 e. The Balaban J connectivity index is 1.56. The molecule has 33 heavy (non-hydrogen) atoms. The fourth-order valence-corrected chi connectivity index (χ4v) is 4.71. The minimum Gasteiger partial charge on any atom is -0.298 e. The highest BCUT2D eigenvalue weighted by molar-refractivity contribution is 7.98. The molecule has 3 aromatic heterocycles. The van der Waals surface area contributed by atoms with E-state index in [0.717, 1.165) is 5.52 Å². The molecule has 2 aromatic carbocycles. The van der Waals surface area contributed by atoms with E-state index in [1.54, 1.807) is 28.8 Å². The maximum absolute atomic E-state index is 14.4. The normalized spacial score (nSPS) is 11.5. The third kappa shape index (κ3) is 3.52. The lowest BCUT2D eigenvalue weighted by atomic mass is 10.2. The summed E-state index contributed by atoms with van der Waals surface area (Å²) in [4.78, 5) is 12.9. The smallest absolute Gasteiger partial charge is 0.262 e. The first-order valence-corrected chi connectivity index (χ1v) is 11.4. The first kappa shape index (κ1) is 21.1. The lowest BCUT2D eigenvalue weighted by Crippen LogP contribution is -2.22. The number of aryl methyl sites for hydroxylation is 1. The Morgan fingerprint density at radius 1 is 1.03 bits per heavy atom. The van der Waals surface area contributed by atoms with E-state index in [4.69, 9.17) is 0 Å². The number of benzene rings is 2. The Morgan fingerprint density at radius 3 is 2.61 bits per heavy atom.